The summed E-state index contributed by atoms with van der Waals surface area (Å²) in [6.07, 6.45) is 10.9. The molecule has 1 rings (SSSR count). The van der Waals surface area contributed by atoms with Gasteiger partial charge in [-0.3, -0.25) is 10.1 Å². The molecule has 0 unspecified atom stereocenters. The first-order chi connectivity index (χ1) is 9.65. The molecule has 0 aromatic heterocycles. The van der Waals surface area contributed by atoms with E-state index in [9.17, 15) is 10.1 Å². The zero-order valence-corrected chi connectivity index (χ0v) is 13.2. The first-order valence-electron chi connectivity index (χ1n) is 7.88. The number of non-ortho nitro benzene ring substituents is 1. The second-order valence-corrected chi connectivity index (χ2v) is 5.04. The fourth-order valence-electron chi connectivity index (χ4n) is 1.88. The maximum absolute atomic E-state index is 10.2. The minimum atomic E-state index is -0.389. The van der Waals surface area contributed by atoms with E-state index in [1.165, 1.54) is 57.1 Å². The first kappa shape index (κ1) is 18.6. The molecule has 0 aliphatic heterocycles. The van der Waals surface area contributed by atoms with Crippen LogP contribution in [0.3, 0.4) is 0 Å². The summed E-state index contributed by atoms with van der Waals surface area (Å²) in [6, 6.07) is 6.61. The molecule has 0 spiro atoms. The van der Waals surface area contributed by atoms with Gasteiger partial charge in [-0.25, -0.2) is 0 Å². The molecule has 0 N–H and O–H groups in total. The highest BCUT2D eigenvalue weighted by Gasteiger charge is 2.01. The third-order valence-electron chi connectivity index (χ3n) is 3.26. The van der Waals surface area contributed by atoms with E-state index in [1.54, 1.807) is 12.1 Å². The number of unbranched alkanes of at least 4 members (excludes halogenated alkanes) is 6. The molecule has 0 saturated carbocycles. The van der Waals surface area contributed by atoms with Crippen LogP contribution in [0.15, 0.2) is 24.3 Å². The van der Waals surface area contributed by atoms with Crippen LogP contribution in [0.25, 0.3) is 0 Å². The van der Waals surface area contributed by atoms with E-state index in [-0.39, 0.29) is 10.6 Å². The topological polar surface area (TPSA) is 43.1 Å². The Kier molecular flexibility index (Phi) is 11.8. The third kappa shape index (κ3) is 9.54. The summed E-state index contributed by atoms with van der Waals surface area (Å²) in [5, 5.41) is 10.2. The van der Waals surface area contributed by atoms with Gasteiger partial charge in [0.2, 0.25) is 0 Å². The van der Waals surface area contributed by atoms with Crippen molar-refractivity contribution in [1.29, 1.82) is 0 Å². The Hall–Kier alpha value is -1.38. The van der Waals surface area contributed by atoms with Crippen molar-refractivity contribution in [3.8, 4) is 0 Å². The summed E-state index contributed by atoms with van der Waals surface area (Å²) in [4.78, 5) is 9.82. The number of hydrogen-bond donors (Lipinski definition) is 0. The molecule has 0 aliphatic rings. The van der Waals surface area contributed by atoms with E-state index in [1.807, 2.05) is 6.92 Å². The van der Waals surface area contributed by atoms with Gasteiger partial charge in [0.25, 0.3) is 5.69 Å². The highest BCUT2D eigenvalue weighted by molar-refractivity contribution is 5.32. The van der Waals surface area contributed by atoms with Gasteiger partial charge in [-0.2, -0.15) is 0 Å². The van der Waals surface area contributed by atoms with Crippen LogP contribution in [0.2, 0.25) is 0 Å². The van der Waals surface area contributed by atoms with Crippen LogP contribution in [0.1, 0.15) is 71.3 Å². The van der Waals surface area contributed by atoms with Crippen molar-refractivity contribution in [2.75, 3.05) is 0 Å². The van der Waals surface area contributed by atoms with Crippen LogP contribution < -0.4 is 0 Å². The van der Waals surface area contributed by atoms with Crippen molar-refractivity contribution in [3.05, 3.63) is 39.9 Å². The van der Waals surface area contributed by atoms with Gasteiger partial charge in [0.05, 0.1) is 4.92 Å². The van der Waals surface area contributed by atoms with E-state index in [0.29, 0.717) is 0 Å². The van der Waals surface area contributed by atoms with E-state index < -0.39 is 0 Å². The van der Waals surface area contributed by atoms with Gasteiger partial charge in [0.1, 0.15) is 0 Å². The van der Waals surface area contributed by atoms with E-state index in [0.717, 1.165) is 12.0 Å². The van der Waals surface area contributed by atoms with Crippen molar-refractivity contribution in [2.45, 2.75) is 72.1 Å². The molecule has 3 heteroatoms. The Morgan fingerprint density at radius 3 is 1.65 bits per heavy atom. The molecule has 1 aromatic rings. The highest BCUT2D eigenvalue weighted by atomic mass is 16.6. The first-order valence-corrected chi connectivity index (χ1v) is 7.88. The third-order valence-corrected chi connectivity index (χ3v) is 3.26. The maximum atomic E-state index is 10.2. The van der Waals surface area contributed by atoms with Crippen LogP contribution in [0.5, 0.6) is 0 Å². The van der Waals surface area contributed by atoms with Crippen molar-refractivity contribution in [3.63, 3.8) is 0 Å². The van der Waals surface area contributed by atoms with Crippen LogP contribution in [0.4, 0.5) is 5.69 Å². The van der Waals surface area contributed by atoms with Gasteiger partial charge in [-0.1, -0.05) is 77.8 Å². The Labute approximate surface area is 123 Å². The molecule has 3 nitrogen and oxygen atoms in total. The molecule has 0 aliphatic carbocycles. The number of nitrogens with zero attached hydrogens (tertiary/aromatic N) is 1. The highest BCUT2D eigenvalue weighted by Crippen LogP contribution is 2.11. The summed E-state index contributed by atoms with van der Waals surface area (Å²) >= 11 is 0. The van der Waals surface area contributed by atoms with Gasteiger partial charge in [0, 0.05) is 12.1 Å². The molecule has 0 radical (unpaired) electrons. The lowest BCUT2D eigenvalue weighted by atomic mass is 10.1. The lowest BCUT2D eigenvalue weighted by molar-refractivity contribution is -0.384. The van der Waals surface area contributed by atoms with Gasteiger partial charge >= 0.3 is 0 Å². The van der Waals surface area contributed by atoms with Gasteiger partial charge in [-0.15, -0.1) is 0 Å². The molecule has 114 valence electrons. The van der Waals surface area contributed by atoms with E-state index in [4.69, 9.17) is 0 Å². The van der Waals surface area contributed by atoms with Crippen LogP contribution in [0, 0.1) is 10.1 Å². The number of benzene rings is 1. The number of aryl methyl sites for hydroxylation is 1. The average Bonchev–Trinajstić information content (AvgIpc) is 2.48. The monoisotopic (exact) mass is 279 g/mol. The fraction of sp³-hybridized carbons (Fsp3) is 0.647. The smallest absolute Gasteiger partial charge is 0.258 e. The lowest BCUT2D eigenvalue weighted by Crippen LogP contribution is -1.87. The molecule has 0 saturated heterocycles. The zero-order valence-electron chi connectivity index (χ0n) is 13.2. The fourth-order valence-corrected chi connectivity index (χ4v) is 1.88. The lowest BCUT2D eigenvalue weighted by Gasteiger charge is -1.96. The standard InChI is InChI=1S/C9H20.C8H9NO2/c1-3-5-7-9-8-6-4-2;1-2-7-3-5-8(6-4-7)9(10)11/h3-9H2,1-2H3;3-6H,2H2,1H3. The summed E-state index contributed by atoms with van der Waals surface area (Å²) in [5.74, 6) is 0. The molecule has 20 heavy (non-hydrogen) atoms. The second kappa shape index (κ2) is 12.6. The minimum absolute atomic E-state index is 0.155. The Balaban J connectivity index is 0.000000370. The molecule has 0 heterocycles. The summed E-state index contributed by atoms with van der Waals surface area (Å²) < 4.78 is 0. The van der Waals surface area contributed by atoms with Gasteiger partial charge < -0.3 is 0 Å². The van der Waals surface area contributed by atoms with E-state index >= 15 is 0 Å². The van der Waals surface area contributed by atoms with Crippen LogP contribution >= 0.6 is 0 Å². The molecule has 1 aromatic carbocycles. The quantitative estimate of drug-likeness (QED) is 0.337. The molecular weight excluding hydrogens is 250 g/mol. The molecular formula is C17H29NO2. The largest absolute Gasteiger partial charge is 0.269 e. The zero-order chi connectivity index (χ0) is 15.2. The van der Waals surface area contributed by atoms with E-state index in [2.05, 4.69) is 13.8 Å². The molecule has 0 amide bonds. The normalized spacial score (nSPS) is 9.75. The summed E-state index contributed by atoms with van der Waals surface area (Å²) in [6.45, 7) is 6.54. The predicted octanol–water partition coefficient (Wildman–Crippen LogP) is 5.91. The summed E-state index contributed by atoms with van der Waals surface area (Å²) in [7, 11) is 0. The average molecular weight is 279 g/mol. The summed E-state index contributed by atoms with van der Waals surface area (Å²) in [5.41, 5.74) is 1.28. The van der Waals surface area contributed by atoms with Crippen LogP contribution in [-0.4, -0.2) is 4.92 Å². The number of rotatable bonds is 8. The van der Waals surface area contributed by atoms with Crippen molar-refractivity contribution < 1.29 is 4.92 Å². The van der Waals surface area contributed by atoms with Gasteiger partial charge in [-0.05, 0) is 12.0 Å². The Morgan fingerprint density at radius 1 is 0.850 bits per heavy atom. The van der Waals surface area contributed by atoms with Crippen LogP contribution in [-0.2, 0) is 6.42 Å². The van der Waals surface area contributed by atoms with Crippen molar-refractivity contribution >= 4 is 5.69 Å². The van der Waals surface area contributed by atoms with Crippen molar-refractivity contribution in [1.82, 2.24) is 0 Å². The number of nitro groups is 1. The predicted molar refractivity (Wildman–Crippen MR) is 86.1 cm³/mol. The number of hydrogen-bond acceptors (Lipinski definition) is 2. The second-order valence-electron chi connectivity index (χ2n) is 5.04. The SMILES string of the molecule is CCCCCCCCC.CCc1ccc([N+](=O)[O-])cc1. The van der Waals surface area contributed by atoms with Gasteiger partial charge in [0.15, 0.2) is 0 Å². The Bertz CT molecular complexity index is 341. The Morgan fingerprint density at radius 2 is 1.30 bits per heavy atom. The molecule has 0 bridgehead atoms. The van der Waals surface area contributed by atoms with Crippen molar-refractivity contribution in [2.24, 2.45) is 0 Å². The minimum Gasteiger partial charge on any atom is -0.258 e. The molecule has 0 fully saturated rings. The number of nitro benzene ring substituents is 1. The molecule has 0 atom stereocenters. The maximum Gasteiger partial charge on any atom is 0.269 e.